The second-order valence-corrected chi connectivity index (χ2v) is 5.95. The van der Waals surface area contributed by atoms with Crippen molar-refractivity contribution in [3.63, 3.8) is 0 Å². The van der Waals surface area contributed by atoms with E-state index in [1.54, 1.807) is 6.07 Å². The van der Waals surface area contributed by atoms with Crippen LogP contribution in [0, 0.1) is 5.92 Å². The smallest absolute Gasteiger partial charge is 0.388 e. The van der Waals surface area contributed by atoms with Gasteiger partial charge in [-0.15, -0.1) is 0 Å². The van der Waals surface area contributed by atoms with Gasteiger partial charge in [-0.1, -0.05) is 6.07 Å². The first-order valence-electron chi connectivity index (χ1n) is 7.26. The molecule has 0 aromatic carbocycles. The number of halogens is 2. The molecular weight excluding hydrogens is 262 g/mol. The molecule has 1 saturated heterocycles. The first kappa shape index (κ1) is 13.7. The van der Waals surface area contributed by atoms with Crippen molar-refractivity contribution in [2.45, 2.75) is 51.8 Å². The zero-order valence-corrected chi connectivity index (χ0v) is 11.9. The van der Waals surface area contributed by atoms with Crippen LogP contribution < -0.4 is 4.74 Å². The van der Waals surface area contributed by atoms with Crippen molar-refractivity contribution in [1.82, 2.24) is 9.88 Å². The summed E-state index contributed by atoms with van der Waals surface area (Å²) in [5.74, 6) is 0.601. The lowest BCUT2D eigenvalue weighted by atomic mass is 9.89. The lowest BCUT2D eigenvalue weighted by Gasteiger charge is -2.40. The standard InChI is InChI=1S/C15H20F2N2O/c1-9(2)19-7-3-4-10-8-12-11(14(10)19)5-6-13(18-12)20-15(16)17/h5-6,9-10,14-15H,3-4,7-8H2,1-2H3. The quantitative estimate of drug-likeness (QED) is 0.849. The molecular formula is C15H20F2N2O. The van der Waals surface area contributed by atoms with Crippen molar-refractivity contribution >= 4 is 0 Å². The van der Waals surface area contributed by atoms with E-state index in [1.807, 2.05) is 6.07 Å². The molecule has 2 atom stereocenters. The van der Waals surface area contributed by atoms with E-state index in [1.165, 1.54) is 18.4 Å². The van der Waals surface area contributed by atoms with Crippen LogP contribution in [0.3, 0.4) is 0 Å². The molecule has 1 aliphatic carbocycles. The number of rotatable bonds is 3. The number of fused-ring (bicyclic) bond motifs is 3. The van der Waals surface area contributed by atoms with Gasteiger partial charge in [0.1, 0.15) is 0 Å². The van der Waals surface area contributed by atoms with E-state index in [0.717, 1.165) is 18.7 Å². The minimum Gasteiger partial charge on any atom is -0.417 e. The van der Waals surface area contributed by atoms with Gasteiger partial charge in [-0.05, 0) is 51.1 Å². The van der Waals surface area contributed by atoms with Crippen molar-refractivity contribution in [1.29, 1.82) is 0 Å². The van der Waals surface area contributed by atoms with Crippen LogP contribution in [-0.2, 0) is 6.42 Å². The Bertz CT molecular complexity index is 493. The molecule has 2 heterocycles. The number of nitrogens with zero attached hydrogens (tertiary/aromatic N) is 2. The fourth-order valence-electron chi connectivity index (χ4n) is 3.66. The van der Waals surface area contributed by atoms with Crippen molar-refractivity contribution in [2.75, 3.05) is 6.54 Å². The first-order valence-corrected chi connectivity index (χ1v) is 7.26. The number of hydrogen-bond acceptors (Lipinski definition) is 3. The second kappa shape index (κ2) is 5.28. The fraction of sp³-hybridized carbons (Fsp3) is 0.667. The maximum Gasteiger partial charge on any atom is 0.388 e. The Kier molecular flexibility index (Phi) is 3.63. The fourth-order valence-corrected chi connectivity index (χ4v) is 3.66. The van der Waals surface area contributed by atoms with Crippen LogP contribution in [-0.4, -0.2) is 29.1 Å². The van der Waals surface area contributed by atoms with Crippen molar-refractivity contribution in [2.24, 2.45) is 5.92 Å². The van der Waals surface area contributed by atoms with E-state index in [4.69, 9.17) is 0 Å². The number of aromatic nitrogens is 1. The molecule has 1 aliphatic heterocycles. The molecule has 3 nitrogen and oxygen atoms in total. The van der Waals surface area contributed by atoms with Gasteiger partial charge in [0.05, 0.1) is 0 Å². The third-order valence-electron chi connectivity index (χ3n) is 4.43. The van der Waals surface area contributed by atoms with Gasteiger partial charge in [-0.25, -0.2) is 4.98 Å². The summed E-state index contributed by atoms with van der Waals surface area (Å²) in [6, 6.07) is 4.38. The number of pyridine rings is 1. The maximum absolute atomic E-state index is 12.3. The van der Waals surface area contributed by atoms with E-state index in [9.17, 15) is 8.78 Å². The molecule has 2 aliphatic rings. The van der Waals surface area contributed by atoms with Crippen LogP contribution in [0.15, 0.2) is 12.1 Å². The van der Waals surface area contributed by atoms with Crippen LogP contribution in [0.5, 0.6) is 5.88 Å². The zero-order valence-electron chi connectivity index (χ0n) is 11.9. The summed E-state index contributed by atoms with van der Waals surface area (Å²) >= 11 is 0. The molecule has 5 heteroatoms. The lowest BCUT2D eigenvalue weighted by Crippen LogP contribution is -2.41. The van der Waals surface area contributed by atoms with Gasteiger partial charge in [-0.2, -0.15) is 8.78 Å². The average molecular weight is 282 g/mol. The second-order valence-electron chi connectivity index (χ2n) is 5.95. The molecule has 110 valence electrons. The van der Waals surface area contributed by atoms with Gasteiger partial charge in [0.25, 0.3) is 0 Å². The molecule has 1 aromatic heterocycles. The minimum atomic E-state index is -2.81. The summed E-state index contributed by atoms with van der Waals surface area (Å²) in [7, 11) is 0. The van der Waals surface area contributed by atoms with Gasteiger partial charge in [-0.3, -0.25) is 4.90 Å². The predicted molar refractivity (Wildman–Crippen MR) is 71.9 cm³/mol. The highest BCUT2D eigenvalue weighted by molar-refractivity contribution is 5.34. The number of piperidine rings is 1. The molecule has 2 unspecified atom stereocenters. The highest BCUT2D eigenvalue weighted by atomic mass is 19.3. The third kappa shape index (κ3) is 2.39. The summed E-state index contributed by atoms with van der Waals surface area (Å²) in [5.41, 5.74) is 2.13. The van der Waals surface area contributed by atoms with Crippen LogP contribution in [0.2, 0.25) is 0 Å². The molecule has 0 saturated carbocycles. The molecule has 0 amide bonds. The van der Waals surface area contributed by atoms with Crippen molar-refractivity contribution in [3.05, 3.63) is 23.4 Å². The Balaban J connectivity index is 1.89. The molecule has 1 aromatic rings. The Morgan fingerprint density at radius 3 is 2.85 bits per heavy atom. The predicted octanol–water partition coefficient (Wildman–Crippen LogP) is 3.40. The monoisotopic (exact) mass is 282 g/mol. The Hall–Kier alpha value is -1.23. The van der Waals surface area contributed by atoms with E-state index in [-0.39, 0.29) is 5.88 Å². The van der Waals surface area contributed by atoms with E-state index in [0.29, 0.717) is 18.0 Å². The largest absolute Gasteiger partial charge is 0.417 e. The molecule has 20 heavy (non-hydrogen) atoms. The third-order valence-corrected chi connectivity index (χ3v) is 4.43. The summed E-state index contributed by atoms with van der Waals surface area (Å²) < 4.78 is 28.9. The van der Waals surface area contributed by atoms with Gasteiger partial charge in [0.15, 0.2) is 0 Å². The number of ether oxygens (including phenoxy) is 1. The minimum absolute atomic E-state index is 0.0356. The highest BCUT2D eigenvalue weighted by Gasteiger charge is 2.40. The lowest BCUT2D eigenvalue weighted by molar-refractivity contribution is -0.0529. The van der Waals surface area contributed by atoms with E-state index in [2.05, 4.69) is 28.5 Å². The average Bonchev–Trinajstić information content (AvgIpc) is 2.74. The van der Waals surface area contributed by atoms with Crippen LogP contribution in [0.25, 0.3) is 0 Å². The maximum atomic E-state index is 12.3. The van der Waals surface area contributed by atoms with E-state index < -0.39 is 6.61 Å². The van der Waals surface area contributed by atoms with Crippen LogP contribution >= 0.6 is 0 Å². The number of alkyl halides is 2. The first-order chi connectivity index (χ1) is 9.56. The Labute approximate surface area is 117 Å². The SMILES string of the molecule is CC(C)N1CCCC2Cc3nc(OC(F)F)ccc3C21. The highest BCUT2D eigenvalue weighted by Crippen LogP contribution is 2.45. The van der Waals surface area contributed by atoms with Gasteiger partial charge in [0.2, 0.25) is 5.88 Å². The summed E-state index contributed by atoms with van der Waals surface area (Å²) in [5, 5.41) is 0. The van der Waals surface area contributed by atoms with Crippen molar-refractivity contribution < 1.29 is 13.5 Å². The number of likely N-dealkylation sites (tertiary alicyclic amines) is 1. The molecule has 3 rings (SSSR count). The molecule has 1 fully saturated rings. The normalized spacial score (nSPS) is 25.9. The van der Waals surface area contributed by atoms with Gasteiger partial charge in [0, 0.05) is 23.8 Å². The van der Waals surface area contributed by atoms with Gasteiger partial charge >= 0.3 is 6.61 Å². The molecule has 0 spiro atoms. The Morgan fingerprint density at radius 1 is 1.35 bits per heavy atom. The topological polar surface area (TPSA) is 25.4 Å². The molecule has 0 radical (unpaired) electrons. The zero-order chi connectivity index (χ0) is 14.3. The Morgan fingerprint density at radius 2 is 2.15 bits per heavy atom. The van der Waals surface area contributed by atoms with Gasteiger partial charge < -0.3 is 4.74 Å². The summed E-state index contributed by atoms with van der Waals surface area (Å²) in [6.45, 7) is 2.72. The van der Waals surface area contributed by atoms with Crippen molar-refractivity contribution in [3.8, 4) is 5.88 Å². The molecule has 0 bridgehead atoms. The number of hydrogen-bond donors (Lipinski definition) is 0. The molecule has 0 N–H and O–H groups in total. The van der Waals surface area contributed by atoms with E-state index >= 15 is 0 Å². The summed E-state index contributed by atoms with van der Waals surface area (Å²) in [4.78, 5) is 6.79. The van der Waals surface area contributed by atoms with Crippen LogP contribution in [0.4, 0.5) is 8.78 Å². The van der Waals surface area contributed by atoms with Crippen LogP contribution in [0.1, 0.15) is 44.0 Å². The summed E-state index contributed by atoms with van der Waals surface area (Å²) in [6.07, 6.45) is 3.27.